The van der Waals surface area contributed by atoms with Crippen LogP contribution in [0.25, 0.3) is 0 Å². The van der Waals surface area contributed by atoms with E-state index in [1.807, 2.05) is 37.3 Å². The van der Waals surface area contributed by atoms with Crippen LogP contribution in [0, 0.1) is 13.8 Å². The third kappa shape index (κ3) is 4.59. The molecule has 0 aliphatic rings. The maximum absolute atomic E-state index is 12.2. The molecule has 1 atom stereocenters. The lowest BCUT2D eigenvalue weighted by atomic mass is 9.92. The molecule has 23 heavy (non-hydrogen) atoms. The molecule has 3 heteroatoms. The summed E-state index contributed by atoms with van der Waals surface area (Å²) < 4.78 is 5.30. The van der Waals surface area contributed by atoms with E-state index in [0.29, 0.717) is 12.3 Å². The molecule has 0 spiro atoms. The van der Waals surface area contributed by atoms with Crippen molar-refractivity contribution in [1.82, 2.24) is 0 Å². The number of ether oxygens (including phenoxy) is 1. The average Bonchev–Trinajstić information content (AvgIpc) is 2.55. The van der Waals surface area contributed by atoms with E-state index in [0.717, 1.165) is 23.4 Å². The molecule has 1 amide bonds. The summed E-state index contributed by atoms with van der Waals surface area (Å²) in [6.07, 6.45) is 1.32. The van der Waals surface area contributed by atoms with Gasteiger partial charge in [-0.25, -0.2) is 0 Å². The molecule has 0 radical (unpaired) electrons. The van der Waals surface area contributed by atoms with Crippen LogP contribution in [0.3, 0.4) is 0 Å². The van der Waals surface area contributed by atoms with Gasteiger partial charge in [-0.3, -0.25) is 4.79 Å². The summed E-state index contributed by atoms with van der Waals surface area (Å²) in [5, 5.41) is 2.99. The van der Waals surface area contributed by atoms with Crippen molar-refractivity contribution in [3.63, 3.8) is 0 Å². The van der Waals surface area contributed by atoms with Gasteiger partial charge in [-0.1, -0.05) is 31.2 Å². The Bertz CT molecular complexity index is 679. The van der Waals surface area contributed by atoms with Gasteiger partial charge >= 0.3 is 0 Å². The fourth-order valence-corrected chi connectivity index (χ4v) is 2.71. The van der Waals surface area contributed by atoms with Gasteiger partial charge in [-0.2, -0.15) is 0 Å². The van der Waals surface area contributed by atoms with Crippen LogP contribution in [-0.2, 0) is 4.79 Å². The van der Waals surface area contributed by atoms with E-state index in [-0.39, 0.29) is 5.91 Å². The van der Waals surface area contributed by atoms with Crippen LogP contribution in [-0.4, -0.2) is 13.0 Å². The minimum absolute atomic E-state index is 0.0618. The number of nitrogens with one attached hydrogen (secondary N) is 1. The summed E-state index contributed by atoms with van der Waals surface area (Å²) in [6.45, 7) is 6.25. The van der Waals surface area contributed by atoms with Crippen molar-refractivity contribution in [2.45, 2.75) is 39.5 Å². The fraction of sp³-hybridized carbons (Fsp3) is 0.350. The van der Waals surface area contributed by atoms with Crippen molar-refractivity contribution in [2.75, 3.05) is 12.4 Å². The molecule has 1 N–H and O–H groups in total. The third-order valence-electron chi connectivity index (χ3n) is 4.24. The maximum atomic E-state index is 12.2. The van der Waals surface area contributed by atoms with E-state index in [9.17, 15) is 4.79 Å². The summed E-state index contributed by atoms with van der Waals surface area (Å²) >= 11 is 0. The van der Waals surface area contributed by atoms with Gasteiger partial charge < -0.3 is 10.1 Å². The van der Waals surface area contributed by atoms with E-state index >= 15 is 0 Å². The summed E-state index contributed by atoms with van der Waals surface area (Å²) in [6, 6.07) is 13.9. The van der Waals surface area contributed by atoms with Gasteiger partial charge in [-0.05, 0) is 61.1 Å². The second kappa shape index (κ2) is 7.82. The van der Waals surface area contributed by atoms with Gasteiger partial charge in [0.25, 0.3) is 0 Å². The van der Waals surface area contributed by atoms with Crippen LogP contribution in [0.5, 0.6) is 5.75 Å². The number of benzene rings is 2. The average molecular weight is 311 g/mol. The molecule has 0 bridgehead atoms. The van der Waals surface area contributed by atoms with Crippen LogP contribution in [0.15, 0.2) is 42.5 Å². The molecule has 0 fully saturated rings. The topological polar surface area (TPSA) is 38.3 Å². The Kier molecular flexibility index (Phi) is 5.80. The smallest absolute Gasteiger partial charge is 0.224 e. The van der Waals surface area contributed by atoms with E-state index < -0.39 is 0 Å². The maximum Gasteiger partial charge on any atom is 0.224 e. The minimum atomic E-state index is 0.0618. The van der Waals surface area contributed by atoms with Crippen molar-refractivity contribution in [3.05, 3.63) is 59.2 Å². The highest BCUT2D eigenvalue weighted by molar-refractivity contribution is 5.91. The third-order valence-corrected chi connectivity index (χ3v) is 4.24. The van der Waals surface area contributed by atoms with Crippen LogP contribution in [0.2, 0.25) is 0 Å². The Labute approximate surface area is 138 Å². The van der Waals surface area contributed by atoms with Crippen LogP contribution in [0.1, 0.15) is 42.4 Å². The van der Waals surface area contributed by atoms with Gasteiger partial charge in [0.05, 0.1) is 7.11 Å². The molecule has 122 valence electrons. The van der Waals surface area contributed by atoms with Gasteiger partial charge in [0, 0.05) is 12.1 Å². The largest absolute Gasteiger partial charge is 0.497 e. The Morgan fingerprint density at radius 1 is 1.13 bits per heavy atom. The molecule has 0 aromatic heterocycles. The molecular formula is C20H25NO2. The molecule has 0 saturated heterocycles. The Morgan fingerprint density at radius 3 is 2.57 bits per heavy atom. The fourth-order valence-electron chi connectivity index (χ4n) is 2.71. The number of carbonyl (C=O) groups excluding carboxylic acids is 1. The Hall–Kier alpha value is -2.29. The Balaban J connectivity index is 1.95. The molecule has 2 aromatic rings. The first-order valence-electron chi connectivity index (χ1n) is 8.01. The van der Waals surface area contributed by atoms with Gasteiger partial charge in [0.2, 0.25) is 5.91 Å². The number of aryl methyl sites for hydroxylation is 2. The SMILES string of the molecule is COc1ccc(C)c(C(C)CCC(=O)Nc2ccccc2C)c1. The highest BCUT2D eigenvalue weighted by atomic mass is 16.5. The molecule has 0 heterocycles. The van der Waals surface area contributed by atoms with Crippen LogP contribution >= 0.6 is 0 Å². The molecule has 2 aromatic carbocycles. The molecule has 2 rings (SSSR count). The number of carbonyl (C=O) groups is 1. The quantitative estimate of drug-likeness (QED) is 0.829. The molecule has 0 saturated carbocycles. The minimum Gasteiger partial charge on any atom is -0.497 e. The molecule has 0 aliphatic heterocycles. The highest BCUT2D eigenvalue weighted by Gasteiger charge is 2.12. The lowest BCUT2D eigenvalue weighted by molar-refractivity contribution is -0.116. The zero-order valence-electron chi connectivity index (χ0n) is 14.3. The van der Waals surface area contributed by atoms with Crippen molar-refractivity contribution < 1.29 is 9.53 Å². The van der Waals surface area contributed by atoms with Crippen molar-refractivity contribution in [2.24, 2.45) is 0 Å². The number of amides is 1. The number of methoxy groups -OCH3 is 1. The summed E-state index contributed by atoms with van der Waals surface area (Å²) in [5.74, 6) is 1.24. The van der Waals surface area contributed by atoms with Crippen molar-refractivity contribution in [3.8, 4) is 5.75 Å². The van der Waals surface area contributed by atoms with E-state index in [4.69, 9.17) is 4.74 Å². The van der Waals surface area contributed by atoms with Gasteiger partial charge in [0.15, 0.2) is 0 Å². The summed E-state index contributed by atoms with van der Waals surface area (Å²) in [7, 11) is 1.68. The van der Waals surface area contributed by atoms with Crippen molar-refractivity contribution in [1.29, 1.82) is 0 Å². The monoisotopic (exact) mass is 311 g/mol. The van der Waals surface area contributed by atoms with Gasteiger partial charge in [-0.15, -0.1) is 0 Å². The number of rotatable bonds is 6. The zero-order valence-corrected chi connectivity index (χ0v) is 14.3. The second-order valence-electron chi connectivity index (χ2n) is 6.03. The predicted octanol–water partition coefficient (Wildman–Crippen LogP) is 4.83. The van der Waals surface area contributed by atoms with Crippen LogP contribution in [0.4, 0.5) is 5.69 Å². The lowest BCUT2D eigenvalue weighted by Crippen LogP contribution is -2.13. The first-order chi connectivity index (χ1) is 11.0. The van der Waals surface area contributed by atoms with E-state index in [1.165, 1.54) is 11.1 Å². The standard InChI is InChI=1S/C20H25NO2/c1-14-9-11-17(23-4)13-18(14)15(2)10-12-20(22)21-19-8-6-5-7-16(19)3/h5-9,11,13,15H,10,12H2,1-4H3,(H,21,22). The van der Waals surface area contributed by atoms with E-state index in [1.54, 1.807) is 7.11 Å². The second-order valence-corrected chi connectivity index (χ2v) is 6.03. The highest BCUT2D eigenvalue weighted by Crippen LogP contribution is 2.27. The number of hydrogen-bond acceptors (Lipinski definition) is 2. The molecule has 1 unspecified atom stereocenters. The van der Waals surface area contributed by atoms with Gasteiger partial charge in [0.1, 0.15) is 5.75 Å². The predicted molar refractivity (Wildman–Crippen MR) is 95.2 cm³/mol. The van der Waals surface area contributed by atoms with E-state index in [2.05, 4.69) is 31.3 Å². The number of hydrogen-bond donors (Lipinski definition) is 1. The normalized spacial score (nSPS) is 11.8. The molecular weight excluding hydrogens is 286 g/mol. The zero-order chi connectivity index (χ0) is 16.8. The first kappa shape index (κ1) is 17.1. The summed E-state index contributed by atoms with van der Waals surface area (Å²) in [4.78, 5) is 12.2. The lowest BCUT2D eigenvalue weighted by Gasteiger charge is -2.16. The first-order valence-corrected chi connectivity index (χ1v) is 8.01. The Morgan fingerprint density at radius 2 is 1.87 bits per heavy atom. The number of para-hydroxylation sites is 1. The number of anilines is 1. The summed E-state index contributed by atoms with van der Waals surface area (Å²) in [5.41, 5.74) is 4.45. The molecule has 0 aliphatic carbocycles. The van der Waals surface area contributed by atoms with Crippen LogP contribution < -0.4 is 10.1 Å². The molecule has 3 nitrogen and oxygen atoms in total. The van der Waals surface area contributed by atoms with Crippen molar-refractivity contribution >= 4 is 11.6 Å².